The molecule has 3 aromatic rings. The fourth-order valence-corrected chi connectivity index (χ4v) is 5.39. The first-order valence-corrected chi connectivity index (χ1v) is 12.6. The highest BCUT2D eigenvalue weighted by atomic mass is 32.2. The lowest BCUT2D eigenvalue weighted by atomic mass is 9.99. The van der Waals surface area contributed by atoms with Crippen molar-refractivity contribution in [1.29, 1.82) is 0 Å². The van der Waals surface area contributed by atoms with E-state index in [-0.39, 0.29) is 10.6 Å². The molecule has 0 saturated carbocycles. The highest BCUT2D eigenvalue weighted by Gasteiger charge is 2.20. The summed E-state index contributed by atoms with van der Waals surface area (Å²) in [6.45, 7) is 2.31. The number of methoxy groups -OCH3 is 2. The zero-order chi connectivity index (χ0) is 23.3. The molecule has 0 unspecified atom stereocenters. The predicted octanol–water partition coefficient (Wildman–Crippen LogP) is 4.18. The molecule has 4 rings (SSSR count). The topological polar surface area (TPSA) is 67.9 Å². The standard InChI is InChI=1S/C26H30N2O4S/c1-31-24-13-14-26(25(18-24)32-2)33(29,30)27-16-5-6-20-9-11-23(12-10-20)28-17-15-21-7-3-4-8-22(21)19-28/h3-4,7-14,18,27H,5-6,15-17,19H2,1-2H3. The van der Waals surface area contributed by atoms with Gasteiger partial charge in [-0.05, 0) is 60.2 Å². The number of nitrogens with one attached hydrogen (secondary N) is 1. The molecule has 7 heteroatoms. The number of sulfonamides is 1. The van der Waals surface area contributed by atoms with Crippen molar-refractivity contribution in [3.05, 3.63) is 83.4 Å². The lowest BCUT2D eigenvalue weighted by Crippen LogP contribution is -2.30. The molecule has 3 aromatic carbocycles. The SMILES string of the molecule is COc1ccc(S(=O)(=O)NCCCc2ccc(N3CCc4ccccc4C3)cc2)c(OC)c1. The summed E-state index contributed by atoms with van der Waals surface area (Å²) in [5.41, 5.74) is 5.26. The molecular weight excluding hydrogens is 436 g/mol. The number of nitrogens with zero attached hydrogens (tertiary/aromatic N) is 1. The Hall–Kier alpha value is -3.03. The zero-order valence-electron chi connectivity index (χ0n) is 19.1. The van der Waals surface area contributed by atoms with Gasteiger partial charge in [0.05, 0.1) is 14.2 Å². The molecule has 0 aliphatic carbocycles. The maximum absolute atomic E-state index is 12.7. The molecule has 0 amide bonds. The molecular formula is C26H30N2O4S. The third kappa shape index (κ3) is 5.49. The number of rotatable bonds is 9. The third-order valence-electron chi connectivity index (χ3n) is 6.03. The van der Waals surface area contributed by atoms with Gasteiger partial charge in [-0.2, -0.15) is 0 Å². The maximum Gasteiger partial charge on any atom is 0.244 e. The minimum atomic E-state index is -3.67. The van der Waals surface area contributed by atoms with Gasteiger partial charge in [0.25, 0.3) is 0 Å². The lowest BCUT2D eigenvalue weighted by molar-refractivity contribution is 0.386. The van der Waals surface area contributed by atoms with Crippen molar-refractivity contribution in [2.45, 2.75) is 30.7 Å². The van der Waals surface area contributed by atoms with Crippen LogP contribution in [-0.4, -0.2) is 35.7 Å². The number of ether oxygens (including phenoxy) is 2. The van der Waals surface area contributed by atoms with Gasteiger partial charge in [-0.15, -0.1) is 0 Å². The van der Waals surface area contributed by atoms with Gasteiger partial charge in [-0.3, -0.25) is 0 Å². The van der Waals surface area contributed by atoms with Crippen LogP contribution < -0.4 is 19.1 Å². The van der Waals surface area contributed by atoms with Crippen molar-refractivity contribution < 1.29 is 17.9 Å². The summed E-state index contributed by atoms with van der Waals surface area (Å²) in [6.07, 6.45) is 2.57. The van der Waals surface area contributed by atoms with Gasteiger partial charge >= 0.3 is 0 Å². The Morgan fingerprint density at radius 2 is 1.70 bits per heavy atom. The number of hydrogen-bond donors (Lipinski definition) is 1. The van der Waals surface area contributed by atoms with Gasteiger partial charge in [0.15, 0.2) is 0 Å². The average molecular weight is 467 g/mol. The second-order valence-electron chi connectivity index (χ2n) is 8.12. The van der Waals surface area contributed by atoms with E-state index in [1.54, 1.807) is 12.1 Å². The molecule has 6 nitrogen and oxygen atoms in total. The smallest absolute Gasteiger partial charge is 0.244 e. The van der Waals surface area contributed by atoms with Gasteiger partial charge in [-0.25, -0.2) is 13.1 Å². The average Bonchev–Trinajstić information content (AvgIpc) is 2.86. The highest BCUT2D eigenvalue weighted by molar-refractivity contribution is 7.89. The second kappa shape index (κ2) is 10.3. The Morgan fingerprint density at radius 1 is 0.939 bits per heavy atom. The first-order valence-electron chi connectivity index (χ1n) is 11.1. The molecule has 1 N–H and O–H groups in total. The van der Waals surface area contributed by atoms with Crippen LogP contribution in [0.4, 0.5) is 5.69 Å². The number of aryl methyl sites for hydroxylation is 1. The van der Waals surface area contributed by atoms with E-state index < -0.39 is 10.0 Å². The van der Waals surface area contributed by atoms with Crippen molar-refractivity contribution in [3.8, 4) is 11.5 Å². The Morgan fingerprint density at radius 3 is 2.42 bits per heavy atom. The van der Waals surface area contributed by atoms with E-state index in [4.69, 9.17) is 9.47 Å². The van der Waals surface area contributed by atoms with Crippen LogP contribution in [0.15, 0.2) is 71.6 Å². The van der Waals surface area contributed by atoms with Gasteiger partial charge in [0.1, 0.15) is 16.4 Å². The van der Waals surface area contributed by atoms with Gasteiger partial charge in [0.2, 0.25) is 10.0 Å². The molecule has 174 valence electrons. The Bertz CT molecular complexity index is 1190. The summed E-state index contributed by atoms with van der Waals surface area (Å²) < 4.78 is 38.4. The van der Waals surface area contributed by atoms with Crippen molar-refractivity contribution in [3.63, 3.8) is 0 Å². The molecule has 0 spiro atoms. The molecule has 0 radical (unpaired) electrons. The van der Waals surface area contributed by atoms with Crippen molar-refractivity contribution in [2.75, 3.05) is 32.2 Å². The summed E-state index contributed by atoms with van der Waals surface area (Å²) in [7, 11) is -0.694. The monoisotopic (exact) mass is 466 g/mol. The fourth-order valence-electron chi connectivity index (χ4n) is 4.16. The maximum atomic E-state index is 12.7. The Kier molecular flexibility index (Phi) is 7.20. The molecule has 33 heavy (non-hydrogen) atoms. The van der Waals surface area contributed by atoms with E-state index in [2.05, 4.69) is 58.2 Å². The number of hydrogen-bond acceptors (Lipinski definition) is 5. The number of fused-ring (bicyclic) bond motifs is 1. The lowest BCUT2D eigenvalue weighted by Gasteiger charge is -2.30. The van der Waals surface area contributed by atoms with Crippen LogP contribution in [0.1, 0.15) is 23.1 Å². The fraction of sp³-hybridized carbons (Fsp3) is 0.308. The van der Waals surface area contributed by atoms with Crippen molar-refractivity contribution in [2.24, 2.45) is 0 Å². The normalized spacial score (nSPS) is 13.5. The largest absolute Gasteiger partial charge is 0.497 e. The molecule has 0 atom stereocenters. The van der Waals surface area contributed by atoms with Crippen LogP contribution in [-0.2, 0) is 29.4 Å². The van der Waals surface area contributed by atoms with Crippen LogP contribution in [0.3, 0.4) is 0 Å². The van der Waals surface area contributed by atoms with E-state index in [0.717, 1.165) is 25.9 Å². The van der Waals surface area contributed by atoms with Gasteiger partial charge in [-0.1, -0.05) is 36.4 Å². The first kappa shape index (κ1) is 23.1. The van der Waals surface area contributed by atoms with E-state index in [0.29, 0.717) is 18.7 Å². The molecule has 0 saturated heterocycles. The van der Waals surface area contributed by atoms with Crippen LogP contribution in [0.2, 0.25) is 0 Å². The Labute approximate surface area is 196 Å². The van der Waals surface area contributed by atoms with Gasteiger partial charge < -0.3 is 14.4 Å². The quantitative estimate of drug-likeness (QED) is 0.479. The van der Waals surface area contributed by atoms with Crippen LogP contribution in [0, 0.1) is 0 Å². The van der Waals surface area contributed by atoms with Crippen molar-refractivity contribution in [1.82, 2.24) is 4.72 Å². The number of benzene rings is 3. The minimum Gasteiger partial charge on any atom is -0.497 e. The minimum absolute atomic E-state index is 0.109. The molecule has 1 aliphatic heterocycles. The van der Waals surface area contributed by atoms with Crippen LogP contribution in [0.25, 0.3) is 0 Å². The second-order valence-corrected chi connectivity index (χ2v) is 9.86. The summed E-state index contributed by atoms with van der Waals surface area (Å²) in [6, 6.07) is 21.9. The van der Waals surface area contributed by atoms with Crippen LogP contribution in [0.5, 0.6) is 11.5 Å². The first-order chi connectivity index (χ1) is 16.0. The van der Waals surface area contributed by atoms with E-state index >= 15 is 0 Å². The molecule has 0 bridgehead atoms. The summed E-state index contributed by atoms with van der Waals surface area (Å²) >= 11 is 0. The van der Waals surface area contributed by atoms with Crippen molar-refractivity contribution >= 4 is 15.7 Å². The summed E-state index contributed by atoms with van der Waals surface area (Å²) in [4.78, 5) is 2.51. The van der Waals surface area contributed by atoms with Gasteiger partial charge in [0, 0.05) is 31.4 Å². The van der Waals surface area contributed by atoms with E-state index in [1.807, 2.05) is 0 Å². The molecule has 1 aliphatic rings. The summed E-state index contributed by atoms with van der Waals surface area (Å²) in [5.74, 6) is 0.806. The predicted molar refractivity (Wildman–Crippen MR) is 131 cm³/mol. The third-order valence-corrected chi connectivity index (χ3v) is 7.53. The zero-order valence-corrected chi connectivity index (χ0v) is 19.9. The van der Waals surface area contributed by atoms with E-state index in [1.165, 1.54) is 42.7 Å². The Balaban J connectivity index is 1.30. The number of anilines is 1. The molecule has 0 fully saturated rings. The molecule has 1 heterocycles. The summed E-state index contributed by atoms with van der Waals surface area (Å²) in [5, 5.41) is 0. The van der Waals surface area contributed by atoms with Crippen LogP contribution >= 0.6 is 0 Å². The molecule has 0 aromatic heterocycles. The van der Waals surface area contributed by atoms with E-state index in [9.17, 15) is 8.42 Å². The highest BCUT2D eigenvalue weighted by Crippen LogP contribution is 2.28.